The summed E-state index contributed by atoms with van der Waals surface area (Å²) >= 11 is 0. The van der Waals surface area contributed by atoms with Crippen LogP contribution >= 0.6 is 0 Å². The van der Waals surface area contributed by atoms with Crippen LogP contribution in [-0.4, -0.2) is 34.8 Å². The van der Waals surface area contributed by atoms with Gasteiger partial charge < -0.3 is 10.1 Å². The Morgan fingerprint density at radius 1 is 0.909 bits per heavy atom. The number of anilines is 1. The lowest BCUT2D eigenvalue weighted by Crippen LogP contribution is -2.07. The van der Waals surface area contributed by atoms with Gasteiger partial charge in [0.25, 0.3) is 0 Å². The second kappa shape index (κ2) is 9.85. The van der Waals surface area contributed by atoms with Crippen LogP contribution < -0.4 is 10.1 Å². The first-order chi connectivity index (χ1) is 15.9. The van der Waals surface area contributed by atoms with Gasteiger partial charge in [-0.2, -0.15) is 13.2 Å². The summed E-state index contributed by atoms with van der Waals surface area (Å²) in [6.07, 6.45) is -1.07. The topological polar surface area (TPSA) is 59.9 Å². The van der Waals surface area contributed by atoms with E-state index in [2.05, 4.69) is 20.3 Å². The third-order valence-electron chi connectivity index (χ3n) is 5.14. The summed E-state index contributed by atoms with van der Waals surface area (Å²) in [7, 11) is 1.81. The van der Waals surface area contributed by atoms with Crippen LogP contribution in [0.3, 0.4) is 0 Å². The Morgan fingerprint density at radius 3 is 2.48 bits per heavy atom. The highest BCUT2D eigenvalue weighted by Crippen LogP contribution is 2.31. The number of hydrogen-bond donors (Lipinski definition) is 1. The van der Waals surface area contributed by atoms with Crippen molar-refractivity contribution in [2.75, 3.05) is 19.0 Å². The maximum absolute atomic E-state index is 12.3. The van der Waals surface area contributed by atoms with E-state index < -0.39 is 12.6 Å². The predicted molar refractivity (Wildman–Crippen MR) is 123 cm³/mol. The molecule has 0 saturated carbocycles. The zero-order valence-corrected chi connectivity index (χ0v) is 18.1. The monoisotopic (exact) mass is 452 g/mol. The summed E-state index contributed by atoms with van der Waals surface area (Å²) < 4.78 is 42.5. The number of fused-ring (bicyclic) bond motifs is 1. The highest BCUT2D eigenvalue weighted by Gasteiger charge is 2.25. The summed E-state index contributed by atoms with van der Waals surface area (Å²) in [5, 5.41) is 4.02. The van der Waals surface area contributed by atoms with E-state index >= 15 is 0 Å². The SMILES string of the molecule is CNc1nc(-c2cccnc2)nc2ccc(-c3cccc(OCCCCC(F)(F)F)c3)cc12. The maximum atomic E-state index is 12.3. The quantitative estimate of drug-likeness (QED) is 0.309. The average Bonchev–Trinajstić information content (AvgIpc) is 2.83. The second-order valence-corrected chi connectivity index (χ2v) is 7.57. The molecular formula is C25H23F3N4O. The Morgan fingerprint density at radius 2 is 1.73 bits per heavy atom. The van der Waals surface area contributed by atoms with Crippen molar-refractivity contribution in [1.29, 1.82) is 0 Å². The zero-order chi connectivity index (χ0) is 23.3. The second-order valence-electron chi connectivity index (χ2n) is 7.57. The van der Waals surface area contributed by atoms with Crippen LogP contribution in [0, 0.1) is 0 Å². The van der Waals surface area contributed by atoms with Crippen molar-refractivity contribution in [3.05, 3.63) is 67.0 Å². The molecule has 0 aliphatic rings. The van der Waals surface area contributed by atoms with Gasteiger partial charge in [-0.05, 0) is 60.4 Å². The van der Waals surface area contributed by atoms with E-state index in [4.69, 9.17) is 4.74 Å². The predicted octanol–water partition coefficient (Wildman–Crippen LogP) is 6.51. The number of nitrogens with zero attached hydrogens (tertiary/aromatic N) is 3. The average molecular weight is 452 g/mol. The fourth-order valence-corrected chi connectivity index (χ4v) is 3.51. The van der Waals surface area contributed by atoms with Gasteiger partial charge in [-0.1, -0.05) is 18.2 Å². The Bertz CT molecular complexity index is 1230. The van der Waals surface area contributed by atoms with Crippen LogP contribution in [0.5, 0.6) is 5.75 Å². The van der Waals surface area contributed by atoms with Gasteiger partial charge in [0.05, 0.1) is 12.1 Å². The lowest BCUT2D eigenvalue weighted by atomic mass is 10.0. The van der Waals surface area contributed by atoms with Crippen molar-refractivity contribution in [3.8, 4) is 28.3 Å². The van der Waals surface area contributed by atoms with Crippen LogP contribution in [0.1, 0.15) is 19.3 Å². The highest BCUT2D eigenvalue weighted by molar-refractivity contribution is 5.94. The number of halogens is 3. The van der Waals surface area contributed by atoms with Gasteiger partial charge in [0.1, 0.15) is 11.6 Å². The molecule has 8 heteroatoms. The number of alkyl halides is 3. The van der Waals surface area contributed by atoms with Crippen LogP contribution in [0.2, 0.25) is 0 Å². The smallest absolute Gasteiger partial charge is 0.389 e. The van der Waals surface area contributed by atoms with Crippen molar-refractivity contribution >= 4 is 16.7 Å². The van der Waals surface area contributed by atoms with Crippen molar-refractivity contribution in [3.63, 3.8) is 0 Å². The lowest BCUT2D eigenvalue weighted by molar-refractivity contribution is -0.135. The summed E-state index contributed by atoms with van der Waals surface area (Å²) in [5.41, 5.74) is 3.52. The van der Waals surface area contributed by atoms with Gasteiger partial charge >= 0.3 is 6.18 Å². The summed E-state index contributed by atoms with van der Waals surface area (Å²) in [4.78, 5) is 13.5. The molecule has 0 unspecified atom stereocenters. The number of unbranched alkanes of at least 4 members (excludes halogenated alkanes) is 1. The summed E-state index contributed by atoms with van der Waals surface area (Å²) in [5.74, 6) is 1.92. The Hall–Kier alpha value is -3.68. The number of hydrogen-bond acceptors (Lipinski definition) is 5. The van der Waals surface area contributed by atoms with Gasteiger partial charge in [0.2, 0.25) is 0 Å². The molecule has 4 rings (SSSR count). The molecule has 4 aromatic rings. The fraction of sp³-hybridized carbons (Fsp3) is 0.240. The van der Waals surface area contributed by atoms with Gasteiger partial charge in [0.15, 0.2) is 5.82 Å². The molecule has 0 bridgehead atoms. The molecule has 170 valence electrons. The molecule has 0 spiro atoms. The first-order valence-electron chi connectivity index (χ1n) is 10.6. The molecule has 0 saturated heterocycles. The zero-order valence-electron chi connectivity index (χ0n) is 18.1. The Balaban J connectivity index is 1.54. The molecule has 0 aliphatic carbocycles. The van der Waals surface area contributed by atoms with Crippen LogP contribution in [0.25, 0.3) is 33.4 Å². The molecule has 33 heavy (non-hydrogen) atoms. The minimum Gasteiger partial charge on any atom is -0.494 e. The maximum Gasteiger partial charge on any atom is 0.389 e. The largest absolute Gasteiger partial charge is 0.494 e. The summed E-state index contributed by atoms with van der Waals surface area (Å²) in [6, 6.07) is 17.2. The molecular weight excluding hydrogens is 429 g/mol. The van der Waals surface area contributed by atoms with E-state index in [9.17, 15) is 13.2 Å². The normalized spacial score (nSPS) is 11.5. The first kappa shape index (κ1) is 22.5. The number of benzene rings is 2. The molecule has 0 radical (unpaired) electrons. The van der Waals surface area contributed by atoms with E-state index in [1.54, 1.807) is 18.5 Å². The minimum atomic E-state index is -4.12. The number of nitrogens with one attached hydrogen (secondary N) is 1. The molecule has 0 amide bonds. The van der Waals surface area contributed by atoms with Crippen LogP contribution in [0.4, 0.5) is 19.0 Å². The van der Waals surface area contributed by atoms with Crippen molar-refractivity contribution in [2.45, 2.75) is 25.4 Å². The van der Waals surface area contributed by atoms with Crippen molar-refractivity contribution in [2.24, 2.45) is 0 Å². The van der Waals surface area contributed by atoms with E-state index in [0.29, 0.717) is 23.8 Å². The third kappa shape index (κ3) is 5.77. The van der Waals surface area contributed by atoms with Crippen LogP contribution in [0.15, 0.2) is 67.0 Å². The van der Waals surface area contributed by atoms with Gasteiger partial charge in [0, 0.05) is 36.8 Å². The molecule has 5 nitrogen and oxygen atoms in total. The lowest BCUT2D eigenvalue weighted by Gasteiger charge is -2.11. The molecule has 2 heterocycles. The highest BCUT2D eigenvalue weighted by atomic mass is 19.4. The third-order valence-corrected chi connectivity index (χ3v) is 5.14. The van der Waals surface area contributed by atoms with E-state index in [-0.39, 0.29) is 13.0 Å². The number of ether oxygens (including phenoxy) is 1. The van der Waals surface area contributed by atoms with Gasteiger partial charge in [-0.25, -0.2) is 9.97 Å². The van der Waals surface area contributed by atoms with E-state index in [1.165, 1.54) is 0 Å². The van der Waals surface area contributed by atoms with Crippen molar-refractivity contribution < 1.29 is 17.9 Å². The fourth-order valence-electron chi connectivity index (χ4n) is 3.51. The molecule has 0 fully saturated rings. The Kier molecular flexibility index (Phi) is 6.72. The Labute approximate surface area is 189 Å². The molecule has 2 aromatic heterocycles. The number of aromatic nitrogens is 3. The molecule has 2 aromatic carbocycles. The molecule has 0 atom stereocenters. The molecule has 1 N–H and O–H groups in total. The summed E-state index contributed by atoms with van der Waals surface area (Å²) in [6.45, 7) is 0.242. The van der Waals surface area contributed by atoms with E-state index in [1.807, 2.05) is 55.6 Å². The number of rotatable bonds is 8. The number of pyridine rings is 1. The van der Waals surface area contributed by atoms with E-state index in [0.717, 1.165) is 27.6 Å². The minimum absolute atomic E-state index is 0.0572. The standard InChI is InChI=1S/C25H23F3N4O/c1-29-24-21-15-18(9-10-22(21)31-23(32-24)19-7-5-12-30-16-19)17-6-4-8-20(14-17)33-13-3-2-11-25(26,27)28/h4-10,12,14-16H,2-3,11,13H2,1H3,(H,29,31,32). The molecule has 0 aliphatic heterocycles. The van der Waals surface area contributed by atoms with Crippen LogP contribution in [-0.2, 0) is 0 Å². The van der Waals surface area contributed by atoms with Gasteiger partial charge in [-0.3, -0.25) is 4.98 Å². The first-order valence-corrected chi connectivity index (χ1v) is 10.6. The van der Waals surface area contributed by atoms with Gasteiger partial charge in [-0.15, -0.1) is 0 Å². The van der Waals surface area contributed by atoms with Crippen molar-refractivity contribution in [1.82, 2.24) is 15.0 Å².